The molecule has 1 aromatic carbocycles. The second-order valence-electron chi connectivity index (χ2n) is 8.25. The summed E-state index contributed by atoms with van der Waals surface area (Å²) in [5, 5.41) is 25.5. The molecule has 4 rings (SSSR count). The molecule has 3 N–H and O–H groups in total. The van der Waals surface area contributed by atoms with Crippen LogP contribution < -0.4 is 16.2 Å². The van der Waals surface area contributed by atoms with E-state index in [-0.39, 0.29) is 23.0 Å². The largest absolute Gasteiger partial charge is 0.478 e. The van der Waals surface area contributed by atoms with Gasteiger partial charge >= 0.3 is 5.97 Å². The summed E-state index contributed by atoms with van der Waals surface area (Å²) in [6.07, 6.45) is 2.57. The van der Waals surface area contributed by atoms with Gasteiger partial charge in [-0.1, -0.05) is 12.1 Å². The van der Waals surface area contributed by atoms with Crippen molar-refractivity contribution in [2.45, 2.75) is 26.3 Å². The summed E-state index contributed by atoms with van der Waals surface area (Å²) in [6, 6.07) is 10.2. The van der Waals surface area contributed by atoms with Crippen LogP contribution in [0, 0.1) is 24.2 Å². The van der Waals surface area contributed by atoms with Crippen LogP contribution in [0.25, 0.3) is 5.65 Å². The first-order valence-electron chi connectivity index (χ1n) is 10.8. The van der Waals surface area contributed by atoms with Gasteiger partial charge in [0.15, 0.2) is 11.4 Å². The number of pyridine rings is 1. The van der Waals surface area contributed by atoms with E-state index in [9.17, 15) is 20.0 Å². The fraction of sp³-hybridized carbons (Fsp3) is 0.333. The normalized spacial score (nSPS) is 16.3. The zero-order chi connectivity index (χ0) is 23.5. The second-order valence-corrected chi connectivity index (χ2v) is 8.25. The van der Waals surface area contributed by atoms with Crippen LogP contribution in [0.1, 0.15) is 46.4 Å². The SMILES string of the molecule is Cc1cc([C@@H](C)Nc2ccccc2C(=O)O)c2nc(NC[C@H]3CCOC3)c(C#N)c(=O)n2c1. The number of carboxylic acids is 1. The summed E-state index contributed by atoms with van der Waals surface area (Å²) in [7, 11) is 0. The summed E-state index contributed by atoms with van der Waals surface area (Å²) in [4.78, 5) is 29.4. The van der Waals surface area contributed by atoms with Crippen molar-refractivity contribution in [1.29, 1.82) is 5.26 Å². The molecule has 0 amide bonds. The van der Waals surface area contributed by atoms with Gasteiger partial charge in [0.1, 0.15) is 11.7 Å². The van der Waals surface area contributed by atoms with Gasteiger partial charge in [-0.2, -0.15) is 5.26 Å². The summed E-state index contributed by atoms with van der Waals surface area (Å²) in [5.74, 6) is -0.491. The molecule has 3 heterocycles. The number of ether oxygens (including phenoxy) is 1. The van der Waals surface area contributed by atoms with Crippen molar-refractivity contribution in [3.05, 3.63) is 69.1 Å². The number of fused-ring (bicyclic) bond motifs is 1. The van der Waals surface area contributed by atoms with E-state index in [1.54, 1.807) is 24.4 Å². The van der Waals surface area contributed by atoms with Crippen molar-refractivity contribution in [2.24, 2.45) is 5.92 Å². The molecule has 3 aromatic rings. The van der Waals surface area contributed by atoms with Crippen molar-refractivity contribution < 1.29 is 14.6 Å². The fourth-order valence-corrected chi connectivity index (χ4v) is 4.05. The van der Waals surface area contributed by atoms with Crippen molar-refractivity contribution in [1.82, 2.24) is 9.38 Å². The zero-order valence-corrected chi connectivity index (χ0v) is 18.5. The topological polar surface area (TPSA) is 129 Å². The van der Waals surface area contributed by atoms with E-state index in [1.807, 2.05) is 26.0 Å². The molecule has 0 radical (unpaired) electrons. The minimum Gasteiger partial charge on any atom is -0.478 e. The minimum atomic E-state index is -1.03. The zero-order valence-electron chi connectivity index (χ0n) is 18.5. The smallest absolute Gasteiger partial charge is 0.337 e. The number of carboxylic acid groups (broad SMARTS) is 1. The lowest BCUT2D eigenvalue weighted by molar-refractivity contribution is 0.0698. The average Bonchev–Trinajstić information content (AvgIpc) is 3.31. The quantitative estimate of drug-likeness (QED) is 0.504. The Balaban J connectivity index is 1.77. The Labute approximate surface area is 190 Å². The number of nitrogens with one attached hydrogen (secondary N) is 2. The van der Waals surface area contributed by atoms with Gasteiger partial charge in [0.05, 0.1) is 18.2 Å². The van der Waals surface area contributed by atoms with E-state index >= 15 is 0 Å². The maximum absolute atomic E-state index is 13.1. The predicted octanol–water partition coefficient (Wildman–Crippen LogP) is 3.19. The molecular weight excluding hydrogens is 422 g/mol. The average molecular weight is 447 g/mol. The third-order valence-corrected chi connectivity index (χ3v) is 5.78. The Morgan fingerprint density at radius 1 is 1.42 bits per heavy atom. The molecular formula is C24H25N5O4. The summed E-state index contributed by atoms with van der Waals surface area (Å²) in [5.41, 5.74) is 2.06. The molecule has 0 aliphatic carbocycles. The van der Waals surface area contributed by atoms with Gasteiger partial charge < -0.3 is 20.5 Å². The Kier molecular flexibility index (Phi) is 6.29. The van der Waals surface area contributed by atoms with E-state index in [0.717, 1.165) is 12.0 Å². The maximum atomic E-state index is 13.1. The molecule has 0 bridgehead atoms. The fourth-order valence-electron chi connectivity index (χ4n) is 4.05. The Morgan fingerprint density at radius 3 is 2.91 bits per heavy atom. The molecule has 33 heavy (non-hydrogen) atoms. The molecule has 9 nitrogen and oxygen atoms in total. The number of aromatic nitrogens is 2. The number of para-hydroxylation sites is 1. The number of carbonyl (C=O) groups is 1. The van der Waals surface area contributed by atoms with Crippen molar-refractivity contribution in [2.75, 3.05) is 30.4 Å². The Morgan fingerprint density at radius 2 is 2.21 bits per heavy atom. The standard InChI is InChI=1S/C24H25N5O4/c1-14-9-18(15(2)27-20-6-4-3-5-17(20)24(31)32)22-28-21(26-11-16-7-8-33-13-16)19(10-25)23(30)29(22)12-14/h3-6,9,12,15-16,26-27H,7-8,11,13H2,1-2H3,(H,31,32)/t15-,16-/m1/s1. The Hall–Kier alpha value is -3.90. The highest BCUT2D eigenvalue weighted by molar-refractivity contribution is 5.94. The molecule has 9 heteroatoms. The highest BCUT2D eigenvalue weighted by Crippen LogP contribution is 2.26. The van der Waals surface area contributed by atoms with Gasteiger partial charge in [0, 0.05) is 36.5 Å². The van der Waals surface area contributed by atoms with Gasteiger partial charge in [-0.15, -0.1) is 0 Å². The van der Waals surface area contributed by atoms with E-state index < -0.39 is 11.5 Å². The van der Waals surface area contributed by atoms with Crippen LogP contribution in [-0.4, -0.2) is 40.2 Å². The monoisotopic (exact) mass is 447 g/mol. The minimum absolute atomic E-state index is 0.0419. The van der Waals surface area contributed by atoms with Gasteiger partial charge in [0.2, 0.25) is 0 Å². The van der Waals surface area contributed by atoms with Crippen LogP contribution in [-0.2, 0) is 4.74 Å². The highest BCUT2D eigenvalue weighted by atomic mass is 16.5. The molecule has 170 valence electrons. The van der Waals surface area contributed by atoms with Crippen molar-refractivity contribution in [3.8, 4) is 6.07 Å². The molecule has 2 atom stereocenters. The number of nitrogens with zero attached hydrogens (tertiary/aromatic N) is 3. The summed E-state index contributed by atoms with van der Waals surface area (Å²) >= 11 is 0. The predicted molar refractivity (Wildman–Crippen MR) is 124 cm³/mol. The van der Waals surface area contributed by atoms with Crippen LogP contribution in [0.5, 0.6) is 0 Å². The highest BCUT2D eigenvalue weighted by Gasteiger charge is 2.21. The number of rotatable bonds is 7. The molecule has 1 aliphatic heterocycles. The van der Waals surface area contributed by atoms with Gasteiger partial charge in [-0.25, -0.2) is 9.78 Å². The number of hydrogen-bond acceptors (Lipinski definition) is 7. The van der Waals surface area contributed by atoms with Crippen molar-refractivity contribution >= 4 is 23.1 Å². The maximum Gasteiger partial charge on any atom is 0.337 e. The molecule has 1 saturated heterocycles. The molecule has 0 unspecified atom stereocenters. The number of hydrogen-bond donors (Lipinski definition) is 3. The third-order valence-electron chi connectivity index (χ3n) is 5.78. The first-order valence-corrected chi connectivity index (χ1v) is 10.8. The van der Waals surface area contributed by atoms with E-state index in [0.29, 0.717) is 42.6 Å². The molecule has 2 aromatic heterocycles. The number of aromatic carboxylic acids is 1. The van der Waals surface area contributed by atoms with Crippen LogP contribution in [0.3, 0.4) is 0 Å². The van der Waals surface area contributed by atoms with E-state index in [4.69, 9.17) is 4.74 Å². The van der Waals surface area contributed by atoms with Crippen LogP contribution >= 0.6 is 0 Å². The van der Waals surface area contributed by atoms with Gasteiger partial charge in [-0.05, 0) is 44.0 Å². The Bertz CT molecular complexity index is 1300. The van der Waals surface area contributed by atoms with Crippen LogP contribution in [0.4, 0.5) is 11.5 Å². The van der Waals surface area contributed by atoms with Gasteiger partial charge in [0.25, 0.3) is 5.56 Å². The molecule has 1 fully saturated rings. The lowest BCUT2D eigenvalue weighted by Crippen LogP contribution is -2.25. The first-order chi connectivity index (χ1) is 15.9. The number of nitriles is 1. The van der Waals surface area contributed by atoms with Gasteiger partial charge in [-0.3, -0.25) is 9.20 Å². The molecule has 0 spiro atoms. The van der Waals surface area contributed by atoms with E-state index in [2.05, 4.69) is 15.6 Å². The molecule has 1 aliphatic rings. The van der Waals surface area contributed by atoms with Crippen LogP contribution in [0.2, 0.25) is 0 Å². The van der Waals surface area contributed by atoms with E-state index in [1.165, 1.54) is 10.5 Å². The lowest BCUT2D eigenvalue weighted by atomic mass is 10.1. The summed E-state index contributed by atoms with van der Waals surface area (Å²) < 4.78 is 6.78. The number of anilines is 2. The molecule has 0 saturated carbocycles. The lowest BCUT2D eigenvalue weighted by Gasteiger charge is -2.20. The van der Waals surface area contributed by atoms with Crippen molar-refractivity contribution in [3.63, 3.8) is 0 Å². The van der Waals surface area contributed by atoms with Crippen LogP contribution in [0.15, 0.2) is 41.3 Å². The third kappa shape index (κ3) is 4.52. The second kappa shape index (κ2) is 9.30. The first kappa shape index (κ1) is 22.3. The summed E-state index contributed by atoms with van der Waals surface area (Å²) in [6.45, 7) is 5.62. The number of benzene rings is 1. The number of aryl methyl sites for hydroxylation is 1.